The number of aryl methyl sites for hydroxylation is 1. The van der Waals surface area contributed by atoms with Crippen LogP contribution in [0.3, 0.4) is 0 Å². The topological polar surface area (TPSA) is 46.0 Å². The van der Waals surface area contributed by atoms with Crippen molar-refractivity contribution in [3.8, 4) is 0 Å². The van der Waals surface area contributed by atoms with Gasteiger partial charge in [0.25, 0.3) is 0 Å². The normalized spacial score (nSPS) is 21.6. The fraction of sp³-hybridized carbons (Fsp3) is 0.833. The van der Waals surface area contributed by atoms with Crippen LogP contribution in [0.25, 0.3) is 0 Å². The van der Waals surface area contributed by atoms with E-state index in [-0.39, 0.29) is 0 Å². The van der Waals surface area contributed by atoms with Crippen molar-refractivity contribution in [1.29, 1.82) is 0 Å². The van der Waals surface area contributed by atoms with Crippen molar-refractivity contribution in [2.75, 3.05) is 32.0 Å². The molecule has 96 valence electrons. The van der Waals surface area contributed by atoms with E-state index in [9.17, 15) is 0 Å². The number of hydrogen-bond acceptors (Lipinski definition) is 4. The van der Waals surface area contributed by atoms with E-state index in [0.29, 0.717) is 0 Å². The molecule has 0 bridgehead atoms. The van der Waals surface area contributed by atoms with Crippen LogP contribution in [0.15, 0.2) is 6.20 Å². The largest absolute Gasteiger partial charge is 0.369 e. The smallest absolute Gasteiger partial charge is 0.144 e. The summed E-state index contributed by atoms with van der Waals surface area (Å²) < 4.78 is 1.95. The number of aromatic nitrogens is 3. The monoisotopic (exact) mass is 237 g/mol. The highest BCUT2D eigenvalue weighted by molar-refractivity contribution is 5.30. The van der Waals surface area contributed by atoms with Gasteiger partial charge in [-0.25, -0.2) is 4.68 Å². The Hall–Kier alpha value is -1.10. The van der Waals surface area contributed by atoms with E-state index in [1.54, 1.807) is 0 Å². The van der Waals surface area contributed by atoms with Crippen LogP contribution in [-0.4, -0.2) is 46.6 Å². The Morgan fingerprint density at radius 1 is 1.53 bits per heavy atom. The summed E-state index contributed by atoms with van der Waals surface area (Å²) in [6.45, 7) is 6.56. The van der Waals surface area contributed by atoms with Gasteiger partial charge in [0.2, 0.25) is 0 Å². The maximum absolute atomic E-state index is 4.08. The average Bonchev–Trinajstić information content (AvgIpc) is 2.75. The predicted molar refractivity (Wildman–Crippen MR) is 69.0 cm³/mol. The van der Waals surface area contributed by atoms with Gasteiger partial charge < -0.3 is 10.2 Å². The van der Waals surface area contributed by atoms with Gasteiger partial charge >= 0.3 is 0 Å². The summed E-state index contributed by atoms with van der Waals surface area (Å²) in [5, 5.41) is 11.5. The summed E-state index contributed by atoms with van der Waals surface area (Å²) in [6.07, 6.45) is 5.55. The van der Waals surface area contributed by atoms with Crippen molar-refractivity contribution < 1.29 is 0 Å². The Kier molecular flexibility index (Phi) is 4.36. The van der Waals surface area contributed by atoms with Crippen molar-refractivity contribution in [3.05, 3.63) is 6.20 Å². The summed E-state index contributed by atoms with van der Waals surface area (Å²) in [4.78, 5) is 2.41. The van der Waals surface area contributed by atoms with Crippen LogP contribution >= 0.6 is 0 Å². The van der Waals surface area contributed by atoms with Gasteiger partial charge in [0.1, 0.15) is 5.82 Å². The van der Waals surface area contributed by atoms with Crippen LogP contribution in [0, 0.1) is 5.92 Å². The fourth-order valence-corrected chi connectivity index (χ4v) is 2.46. The molecule has 1 fully saturated rings. The van der Waals surface area contributed by atoms with Crippen LogP contribution in [-0.2, 0) is 6.54 Å². The number of hydrogen-bond donors (Lipinski definition) is 1. The predicted octanol–water partition coefficient (Wildman–Crippen LogP) is 1.44. The maximum atomic E-state index is 4.08. The number of anilines is 1. The summed E-state index contributed by atoms with van der Waals surface area (Å²) >= 11 is 0. The van der Waals surface area contributed by atoms with Crippen LogP contribution < -0.4 is 5.32 Å². The highest BCUT2D eigenvalue weighted by atomic mass is 15.4. The van der Waals surface area contributed by atoms with Crippen LogP contribution in [0.1, 0.15) is 26.2 Å². The molecule has 1 aromatic rings. The lowest BCUT2D eigenvalue weighted by atomic mass is 9.98. The Labute approximate surface area is 103 Å². The Morgan fingerprint density at radius 3 is 3.18 bits per heavy atom. The van der Waals surface area contributed by atoms with Crippen LogP contribution in [0.2, 0.25) is 0 Å². The van der Waals surface area contributed by atoms with Gasteiger partial charge in [0.15, 0.2) is 0 Å². The van der Waals surface area contributed by atoms with E-state index in [1.165, 1.54) is 25.9 Å². The van der Waals surface area contributed by atoms with Crippen molar-refractivity contribution in [2.24, 2.45) is 5.92 Å². The van der Waals surface area contributed by atoms with Gasteiger partial charge in [-0.15, -0.1) is 5.10 Å². The van der Waals surface area contributed by atoms with Crippen molar-refractivity contribution in [3.63, 3.8) is 0 Å². The molecule has 1 saturated heterocycles. The molecular formula is C12H23N5. The average molecular weight is 237 g/mol. The molecule has 1 aliphatic rings. The van der Waals surface area contributed by atoms with E-state index in [4.69, 9.17) is 0 Å². The maximum Gasteiger partial charge on any atom is 0.144 e. The molecule has 0 aromatic carbocycles. The molecule has 0 radical (unpaired) electrons. The van der Waals surface area contributed by atoms with E-state index in [2.05, 4.69) is 34.5 Å². The number of rotatable bonds is 5. The minimum Gasteiger partial charge on any atom is -0.369 e. The third-order valence-electron chi connectivity index (χ3n) is 3.35. The first kappa shape index (κ1) is 12.4. The number of nitrogens with zero attached hydrogens (tertiary/aromatic N) is 4. The van der Waals surface area contributed by atoms with E-state index >= 15 is 0 Å². The van der Waals surface area contributed by atoms with Crippen molar-refractivity contribution in [2.45, 2.75) is 32.7 Å². The molecule has 0 aliphatic carbocycles. The molecule has 0 amide bonds. The van der Waals surface area contributed by atoms with E-state index in [1.807, 2.05) is 10.9 Å². The van der Waals surface area contributed by atoms with E-state index in [0.717, 1.165) is 31.2 Å². The minimum absolute atomic E-state index is 0.749. The Bertz CT molecular complexity index is 335. The Morgan fingerprint density at radius 2 is 2.41 bits per heavy atom. The molecule has 17 heavy (non-hydrogen) atoms. The highest BCUT2D eigenvalue weighted by Gasteiger charge is 2.17. The molecule has 1 unspecified atom stereocenters. The summed E-state index contributed by atoms with van der Waals surface area (Å²) in [6, 6.07) is 0. The van der Waals surface area contributed by atoms with Crippen molar-refractivity contribution in [1.82, 2.24) is 19.9 Å². The number of nitrogens with one attached hydrogen (secondary N) is 1. The third kappa shape index (κ3) is 3.43. The van der Waals surface area contributed by atoms with Crippen LogP contribution in [0.4, 0.5) is 5.82 Å². The summed E-state index contributed by atoms with van der Waals surface area (Å²) in [5.41, 5.74) is 0. The summed E-state index contributed by atoms with van der Waals surface area (Å²) in [7, 11) is 2.20. The lowest BCUT2D eigenvalue weighted by molar-refractivity contribution is 0.217. The SMILES string of the molecule is CCCn1nncc1NCC1CCCN(C)C1. The quantitative estimate of drug-likeness (QED) is 0.842. The van der Waals surface area contributed by atoms with Gasteiger partial charge in [0.05, 0.1) is 6.20 Å². The molecule has 0 saturated carbocycles. The zero-order valence-corrected chi connectivity index (χ0v) is 10.9. The van der Waals surface area contributed by atoms with Gasteiger partial charge in [0, 0.05) is 19.6 Å². The third-order valence-corrected chi connectivity index (χ3v) is 3.35. The summed E-state index contributed by atoms with van der Waals surface area (Å²) in [5.74, 6) is 1.80. The van der Waals surface area contributed by atoms with E-state index < -0.39 is 0 Å². The van der Waals surface area contributed by atoms with Gasteiger partial charge in [-0.05, 0) is 38.8 Å². The molecule has 1 aliphatic heterocycles. The van der Waals surface area contributed by atoms with Crippen molar-refractivity contribution >= 4 is 5.82 Å². The molecule has 1 atom stereocenters. The van der Waals surface area contributed by atoms with Gasteiger partial charge in [-0.2, -0.15) is 0 Å². The number of piperidine rings is 1. The second kappa shape index (κ2) is 6.00. The lowest BCUT2D eigenvalue weighted by Crippen LogP contribution is -2.35. The molecule has 5 heteroatoms. The number of likely N-dealkylation sites (tertiary alicyclic amines) is 1. The first-order valence-electron chi connectivity index (χ1n) is 6.60. The Balaban J connectivity index is 1.82. The zero-order chi connectivity index (χ0) is 12.1. The zero-order valence-electron chi connectivity index (χ0n) is 10.9. The fourth-order valence-electron chi connectivity index (χ4n) is 2.46. The first-order valence-corrected chi connectivity index (χ1v) is 6.60. The second-order valence-electron chi connectivity index (χ2n) is 4.99. The molecular weight excluding hydrogens is 214 g/mol. The molecule has 2 heterocycles. The first-order chi connectivity index (χ1) is 8.29. The molecule has 1 aromatic heterocycles. The molecule has 5 nitrogen and oxygen atoms in total. The molecule has 1 N–H and O–H groups in total. The van der Waals surface area contributed by atoms with Gasteiger partial charge in [-0.3, -0.25) is 0 Å². The van der Waals surface area contributed by atoms with Crippen LogP contribution in [0.5, 0.6) is 0 Å². The molecule has 0 spiro atoms. The lowest BCUT2D eigenvalue weighted by Gasteiger charge is -2.29. The standard InChI is InChI=1S/C12H23N5/c1-3-6-17-12(9-14-15-17)13-8-11-5-4-7-16(2)10-11/h9,11,13H,3-8,10H2,1-2H3. The van der Waals surface area contributed by atoms with Gasteiger partial charge in [-0.1, -0.05) is 12.1 Å². The minimum atomic E-state index is 0.749. The second-order valence-corrected chi connectivity index (χ2v) is 4.99. The highest BCUT2D eigenvalue weighted by Crippen LogP contribution is 2.16. The molecule has 2 rings (SSSR count).